The van der Waals surface area contributed by atoms with Gasteiger partial charge < -0.3 is 9.47 Å². The van der Waals surface area contributed by atoms with Crippen molar-refractivity contribution in [1.29, 1.82) is 0 Å². The summed E-state index contributed by atoms with van der Waals surface area (Å²) >= 11 is 3.14. The molecule has 0 radical (unpaired) electrons. The van der Waals surface area contributed by atoms with E-state index in [-0.39, 0.29) is 5.75 Å². The topological polar surface area (TPSA) is 76.7 Å². The van der Waals surface area contributed by atoms with Crippen LogP contribution < -0.4 is 20.3 Å². The van der Waals surface area contributed by atoms with Crippen LogP contribution >= 0.6 is 15.9 Å². The monoisotopic (exact) mass is 442 g/mol. The van der Waals surface area contributed by atoms with E-state index in [0.717, 1.165) is 0 Å². The number of rotatable bonds is 6. The molecule has 0 spiro atoms. The zero-order chi connectivity index (χ0) is 20.0. The molecule has 0 aromatic heterocycles. The van der Waals surface area contributed by atoms with Gasteiger partial charge >= 0.3 is 0 Å². The van der Waals surface area contributed by atoms with Crippen LogP contribution in [0, 0.1) is 11.6 Å². The van der Waals surface area contributed by atoms with Gasteiger partial charge in [-0.3, -0.25) is 20.4 Å². The molecule has 27 heavy (non-hydrogen) atoms. The van der Waals surface area contributed by atoms with Crippen molar-refractivity contribution in [1.82, 2.24) is 10.9 Å². The summed E-state index contributed by atoms with van der Waals surface area (Å²) in [5.74, 6) is -1.51. The minimum Gasteiger partial charge on any atom is -0.481 e. The number of hydrogen-bond donors (Lipinski definition) is 2. The average Bonchev–Trinajstić information content (AvgIpc) is 2.63. The fourth-order valence-electron chi connectivity index (χ4n) is 1.91. The molecular formula is C18H17BrF2N2O4. The molecule has 0 saturated carbocycles. The van der Waals surface area contributed by atoms with E-state index < -0.39 is 35.7 Å². The van der Waals surface area contributed by atoms with Crippen molar-refractivity contribution in [2.75, 3.05) is 0 Å². The fourth-order valence-corrected chi connectivity index (χ4v) is 2.36. The third-order valence-electron chi connectivity index (χ3n) is 3.37. The van der Waals surface area contributed by atoms with Gasteiger partial charge in [0.05, 0.1) is 4.47 Å². The first-order chi connectivity index (χ1) is 12.8. The van der Waals surface area contributed by atoms with Gasteiger partial charge in [-0.05, 0) is 72.2 Å². The van der Waals surface area contributed by atoms with Gasteiger partial charge in [-0.2, -0.15) is 0 Å². The maximum Gasteiger partial charge on any atom is 0.279 e. The molecular weight excluding hydrogens is 426 g/mol. The maximum absolute atomic E-state index is 13.1. The maximum atomic E-state index is 13.1. The molecule has 0 aliphatic heterocycles. The summed E-state index contributed by atoms with van der Waals surface area (Å²) in [6.45, 7) is 2.94. The van der Waals surface area contributed by atoms with Crippen LogP contribution in [0.3, 0.4) is 0 Å². The Morgan fingerprint density at radius 3 is 1.96 bits per heavy atom. The Labute approximate surface area is 162 Å². The Kier molecular flexibility index (Phi) is 7.12. The minimum atomic E-state index is -0.958. The second-order valence-corrected chi connectivity index (χ2v) is 6.38. The normalized spacial score (nSPS) is 12.6. The summed E-state index contributed by atoms with van der Waals surface area (Å²) in [6, 6.07) is 8.95. The van der Waals surface area contributed by atoms with Crippen LogP contribution in [0.15, 0.2) is 46.9 Å². The first-order valence-electron chi connectivity index (χ1n) is 7.90. The van der Waals surface area contributed by atoms with Crippen LogP contribution in [0.2, 0.25) is 0 Å². The predicted molar refractivity (Wildman–Crippen MR) is 97.0 cm³/mol. The predicted octanol–water partition coefficient (Wildman–Crippen LogP) is 3.11. The van der Waals surface area contributed by atoms with Gasteiger partial charge in [0.1, 0.15) is 23.1 Å². The highest BCUT2D eigenvalue weighted by atomic mass is 79.9. The summed E-state index contributed by atoms with van der Waals surface area (Å²) in [6.07, 6.45) is -1.89. The van der Waals surface area contributed by atoms with Gasteiger partial charge in [-0.15, -0.1) is 0 Å². The number of carbonyl (C=O) groups excluding carboxylic acids is 2. The molecule has 0 aliphatic rings. The summed E-state index contributed by atoms with van der Waals surface area (Å²) in [4.78, 5) is 24.0. The molecule has 2 aromatic carbocycles. The Hall–Kier alpha value is -2.68. The molecule has 2 rings (SSSR count). The van der Waals surface area contributed by atoms with Gasteiger partial charge in [0.15, 0.2) is 12.2 Å². The number of nitrogens with one attached hydrogen (secondary N) is 2. The summed E-state index contributed by atoms with van der Waals surface area (Å²) < 4.78 is 37.0. The highest BCUT2D eigenvalue weighted by molar-refractivity contribution is 9.10. The van der Waals surface area contributed by atoms with Crippen molar-refractivity contribution in [3.8, 4) is 11.5 Å². The van der Waals surface area contributed by atoms with Crippen LogP contribution in [0.25, 0.3) is 0 Å². The second kappa shape index (κ2) is 9.31. The van der Waals surface area contributed by atoms with E-state index in [9.17, 15) is 18.4 Å². The first kappa shape index (κ1) is 20.6. The van der Waals surface area contributed by atoms with Crippen LogP contribution in [0.1, 0.15) is 13.8 Å². The largest absolute Gasteiger partial charge is 0.481 e. The number of benzene rings is 2. The van der Waals surface area contributed by atoms with E-state index in [0.29, 0.717) is 10.2 Å². The molecule has 144 valence electrons. The van der Waals surface area contributed by atoms with Crippen molar-refractivity contribution in [3.05, 3.63) is 58.6 Å². The first-order valence-corrected chi connectivity index (χ1v) is 8.69. The van der Waals surface area contributed by atoms with Crippen LogP contribution in [0.4, 0.5) is 8.78 Å². The fraction of sp³-hybridized carbons (Fsp3) is 0.222. The average molecular weight is 443 g/mol. The van der Waals surface area contributed by atoms with Crippen molar-refractivity contribution >= 4 is 27.7 Å². The standard InChI is InChI=1S/C18H17BrF2N2O4/c1-10(26-14-6-3-12(20)4-7-14)17(24)22-23-18(25)11(2)27-16-8-5-13(21)9-15(16)19/h3-11H,1-2H3,(H,22,24)(H,23,25). The molecule has 6 nitrogen and oxygen atoms in total. The van der Waals surface area contributed by atoms with Gasteiger partial charge in [0, 0.05) is 0 Å². The highest BCUT2D eigenvalue weighted by Gasteiger charge is 2.19. The number of amides is 2. The van der Waals surface area contributed by atoms with Crippen LogP contribution in [-0.2, 0) is 9.59 Å². The molecule has 0 saturated heterocycles. The number of halogens is 3. The van der Waals surface area contributed by atoms with Crippen molar-refractivity contribution < 1.29 is 27.8 Å². The zero-order valence-corrected chi connectivity index (χ0v) is 16.0. The third-order valence-corrected chi connectivity index (χ3v) is 3.99. The number of hydrazine groups is 1. The van der Waals surface area contributed by atoms with E-state index in [1.807, 2.05) is 0 Å². The Bertz CT molecular complexity index is 818. The Morgan fingerprint density at radius 1 is 0.889 bits per heavy atom. The highest BCUT2D eigenvalue weighted by Crippen LogP contribution is 2.26. The van der Waals surface area contributed by atoms with Crippen molar-refractivity contribution in [2.45, 2.75) is 26.1 Å². The quantitative estimate of drug-likeness (QED) is 0.673. The summed E-state index contributed by atoms with van der Waals surface area (Å²) in [5.41, 5.74) is 4.43. The number of ether oxygens (including phenoxy) is 2. The van der Waals surface area contributed by atoms with E-state index >= 15 is 0 Å². The number of hydrogen-bond acceptors (Lipinski definition) is 4. The molecule has 2 atom stereocenters. The van der Waals surface area contributed by atoms with Crippen LogP contribution in [0.5, 0.6) is 11.5 Å². The second-order valence-electron chi connectivity index (χ2n) is 5.53. The number of carbonyl (C=O) groups is 2. The van der Waals surface area contributed by atoms with Gasteiger partial charge in [0.2, 0.25) is 0 Å². The van der Waals surface area contributed by atoms with Gasteiger partial charge in [-0.25, -0.2) is 8.78 Å². The molecule has 0 fully saturated rings. The molecule has 2 N–H and O–H groups in total. The summed E-state index contributed by atoms with van der Waals surface area (Å²) in [5, 5.41) is 0. The lowest BCUT2D eigenvalue weighted by Gasteiger charge is -2.18. The van der Waals surface area contributed by atoms with Crippen molar-refractivity contribution in [2.24, 2.45) is 0 Å². The SMILES string of the molecule is CC(Oc1ccc(F)cc1)C(=O)NNC(=O)C(C)Oc1ccc(F)cc1Br. The van der Waals surface area contributed by atoms with E-state index in [4.69, 9.17) is 9.47 Å². The lowest BCUT2D eigenvalue weighted by atomic mass is 10.3. The minimum absolute atomic E-state index is 0.276. The smallest absolute Gasteiger partial charge is 0.279 e. The van der Waals surface area contributed by atoms with E-state index in [2.05, 4.69) is 26.8 Å². The molecule has 0 heterocycles. The van der Waals surface area contributed by atoms with Gasteiger partial charge in [-0.1, -0.05) is 0 Å². The molecule has 2 amide bonds. The lowest BCUT2D eigenvalue weighted by Crippen LogP contribution is -2.50. The lowest BCUT2D eigenvalue weighted by molar-refractivity contribution is -0.135. The Morgan fingerprint density at radius 2 is 1.41 bits per heavy atom. The molecule has 9 heteroatoms. The molecule has 2 aromatic rings. The summed E-state index contributed by atoms with van der Waals surface area (Å²) in [7, 11) is 0. The van der Waals surface area contributed by atoms with Crippen LogP contribution in [-0.4, -0.2) is 24.0 Å². The Balaban J connectivity index is 1.82. The molecule has 2 unspecified atom stereocenters. The molecule has 0 aliphatic carbocycles. The van der Waals surface area contributed by atoms with E-state index in [1.165, 1.54) is 56.3 Å². The van der Waals surface area contributed by atoms with Crippen molar-refractivity contribution in [3.63, 3.8) is 0 Å². The van der Waals surface area contributed by atoms with Gasteiger partial charge in [0.25, 0.3) is 11.8 Å². The molecule has 0 bridgehead atoms. The zero-order valence-electron chi connectivity index (χ0n) is 14.5. The third kappa shape index (κ3) is 6.21. The van der Waals surface area contributed by atoms with E-state index in [1.54, 1.807) is 0 Å².